The zero-order chi connectivity index (χ0) is 21.3. The zero-order valence-corrected chi connectivity index (χ0v) is 21.4. The molecule has 0 atom stereocenters. The number of hydrogen-bond donors (Lipinski definition) is 1. The Labute approximate surface area is 203 Å². The molecule has 0 aromatic heterocycles. The van der Waals surface area contributed by atoms with Gasteiger partial charge >= 0.3 is 0 Å². The fourth-order valence-corrected chi connectivity index (χ4v) is 3.98. The first-order chi connectivity index (χ1) is 14.6. The predicted octanol–water partition coefficient (Wildman–Crippen LogP) is 1.56. The average Bonchev–Trinajstić information content (AvgIpc) is 2.79. The van der Waals surface area contributed by atoms with E-state index in [1.165, 1.54) is 5.69 Å². The van der Waals surface area contributed by atoms with E-state index >= 15 is 0 Å². The molecule has 31 heavy (non-hydrogen) atoms. The number of methoxy groups -OCH3 is 1. The largest absolute Gasteiger partial charge is 0.497 e. The Morgan fingerprint density at radius 1 is 1.00 bits per heavy atom. The standard InChI is InChI=1S/C22H36N6O2.HI/c1-4-23-22(24-9-10-25-11-13-26(14-12-25)19(2)29)28-17-15-27(16-18-28)20-5-7-21(30-3)8-6-20;/h5-8H,4,9-18H2,1-3H3,(H,23,24);1H. The number of nitrogens with one attached hydrogen (secondary N) is 1. The summed E-state index contributed by atoms with van der Waals surface area (Å²) in [6, 6.07) is 8.28. The van der Waals surface area contributed by atoms with Gasteiger partial charge in [0, 0.05) is 78.1 Å². The Hall–Kier alpha value is -1.75. The number of piperazine rings is 2. The molecule has 1 aromatic rings. The van der Waals surface area contributed by atoms with Gasteiger partial charge in [0.15, 0.2) is 5.96 Å². The first kappa shape index (κ1) is 25.5. The summed E-state index contributed by atoms with van der Waals surface area (Å²) in [5.74, 6) is 2.08. The number of amides is 1. The smallest absolute Gasteiger partial charge is 0.219 e. The Kier molecular flexibility index (Phi) is 10.7. The molecule has 1 amide bonds. The van der Waals surface area contributed by atoms with Gasteiger partial charge in [0.25, 0.3) is 0 Å². The van der Waals surface area contributed by atoms with Crippen LogP contribution in [0.25, 0.3) is 0 Å². The molecule has 174 valence electrons. The second-order valence-corrected chi connectivity index (χ2v) is 7.76. The maximum atomic E-state index is 11.5. The van der Waals surface area contributed by atoms with Crippen molar-refractivity contribution in [3.63, 3.8) is 0 Å². The topological polar surface area (TPSA) is 63.7 Å². The summed E-state index contributed by atoms with van der Waals surface area (Å²) in [6.45, 7) is 13.7. The van der Waals surface area contributed by atoms with E-state index in [0.717, 1.165) is 83.7 Å². The molecular formula is C22H37IN6O2. The van der Waals surface area contributed by atoms with Crippen LogP contribution in [0, 0.1) is 0 Å². The highest BCUT2D eigenvalue weighted by atomic mass is 127. The van der Waals surface area contributed by atoms with Crippen molar-refractivity contribution in [3.8, 4) is 5.75 Å². The van der Waals surface area contributed by atoms with E-state index in [1.807, 2.05) is 17.0 Å². The van der Waals surface area contributed by atoms with Gasteiger partial charge in [-0.3, -0.25) is 14.7 Å². The highest BCUT2D eigenvalue weighted by Crippen LogP contribution is 2.20. The molecule has 0 spiro atoms. The van der Waals surface area contributed by atoms with Crippen LogP contribution in [0.4, 0.5) is 5.69 Å². The number of carbonyl (C=O) groups excluding carboxylic acids is 1. The molecule has 2 aliphatic rings. The molecule has 0 bridgehead atoms. The third kappa shape index (κ3) is 7.41. The second kappa shape index (κ2) is 12.9. The molecule has 2 saturated heterocycles. The summed E-state index contributed by atoms with van der Waals surface area (Å²) in [5.41, 5.74) is 1.24. The summed E-state index contributed by atoms with van der Waals surface area (Å²) in [5, 5.41) is 3.45. The van der Waals surface area contributed by atoms with Crippen LogP contribution in [0.5, 0.6) is 5.75 Å². The van der Waals surface area contributed by atoms with Gasteiger partial charge in [0.05, 0.1) is 13.7 Å². The van der Waals surface area contributed by atoms with Gasteiger partial charge in [-0.05, 0) is 31.2 Å². The van der Waals surface area contributed by atoms with Crippen molar-refractivity contribution in [2.75, 3.05) is 84.0 Å². The summed E-state index contributed by atoms with van der Waals surface area (Å²) < 4.78 is 5.26. The van der Waals surface area contributed by atoms with E-state index in [-0.39, 0.29) is 29.9 Å². The van der Waals surface area contributed by atoms with Gasteiger partial charge in [0.1, 0.15) is 5.75 Å². The van der Waals surface area contributed by atoms with Crippen molar-refractivity contribution >= 4 is 41.5 Å². The average molecular weight is 544 g/mol. The quantitative estimate of drug-likeness (QED) is 0.334. The number of benzene rings is 1. The number of guanidine groups is 1. The minimum Gasteiger partial charge on any atom is -0.497 e. The number of nitrogens with zero attached hydrogens (tertiary/aromatic N) is 5. The number of rotatable bonds is 6. The number of anilines is 1. The van der Waals surface area contributed by atoms with E-state index in [1.54, 1.807) is 14.0 Å². The molecular weight excluding hydrogens is 507 g/mol. The van der Waals surface area contributed by atoms with Gasteiger partial charge in [-0.15, -0.1) is 24.0 Å². The summed E-state index contributed by atoms with van der Waals surface area (Å²) in [4.78, 5) is 25.4. The number of hydrogen-bond acceptors (Lipinski definition) is 5. The van der Waals surface area contributed by atoms with Gasteiger partial charge in [-0.25, -0.2) is 0 Å². The van der Waals surface area contributed by atoms with E-state index in [0.29, 0.717) is 0 Å². The molecule has 1 aromatic carbocycles. The van der Waals surface area contributed by atoms with E-state index < -0.39 is 0 Å². The Morgan fingerprint density at radius 3 is 2.16 bits per heavy atom. The van der Waals surface area contributed by atoms with Gasteiger partial charge in [0.2, 0.25) is 5.91 Å². The fourth-order valence-electron chi connectivity index (χ4n) is 3.98. The monoisotopic (exact) mass is 544 g/mol. The first-order valence-electron chi connectivity index (χ1n) is 11.0. The lowest BCUT2D eigenvalue weighted by molar-refractivity contribution is -0.130. The molecule has 8 nitrogen and oxygen atoms in total. The fraction of sp³-hybridized carbons (Fsp3) is 0.636. The zero-order valence-electron chi connectivity index (χ0n) is 19.0. The molecule has 0 aliphatic carbocycles. The van der Waals surface area contributed by atoms with Crippen molar-refractivity contribution in [2.45, 2.75) is 13.8 Å². The highest BCUT2D eigenvalue weighted by molar-refractivity contribution is 14.0. The Balaban J connectivity index is 0.00000341. The van der Waals surface area contributed by atoms with Gasteiger partial charge in [-0.1, -0.05) is 0 Å². The van der Waals surface area contributed by atoms with Crippen LogP contribution in [-0.4, -0.2) is 106 Å². The minimum absolute atomic E-state index is 0. The van der Waals surface area contributed by atoms with Crippen LogP contribution in [-0.2, 0) is 4.79 Å². The molecule has 2 fully saturated rings. The van der Waals surface area contributed by atoms with E-state index in [9.17, 15) is 4.79 Å². The molecule has 2 aliphatic heterocycles. The van der Waals surface area contributed by atoms with Crippen LogP contribution in [0.1, 0.15) is 13.8 Å². The molecule has 0 saturated carbocycles. The number of ether oxygens (including phenoxy) is 1. The van der Waals surface area contributed by atoms with Crippen LogP contribution in [0.2, 0.25) is 0 Å². The third-order valence-corrected chi connectivity index (χ3v) is 5.85. The summed E-state index contributed by atoms with van der Waals surface area (Å²) in [7, 11) is 1.70. The summed E-state index contributed by atoms with van der Waals surface area (Å²) in [6.07, 6.45) is 0. The first-order valence-corrected chi connectivity index (χ1v) is 11.0. The van der Waals surface area contributed by atoms with Crippen LogP contribution < -0.4 is 15.0 Å². The third-order valence-electron chi connectivity index (χ3n) is 5.85. The SMILES string of the molecule is CCNC(=NCCN1CCN(C(C)=O)CC1)N1CCN(c2ccc(OC)cc2)CC1.I. The molecule has 1 N–H and O–H groups in total. The van der Waals surface area contributed by atoms with Crippen molar-refractivity contribution in [2.24, 2.45) is 4.99 Å². The maximum absolute atomic E-state index is 11.5. The van der Waals surface area contributed by atoms with Crippen molar-refractivity contribution in [1.82, 2.24) is 20.0 Å². The molecule has 0 radical (unpaired) electrons. The lowest BCUT2D eigenvalue weighted by Gasteiger charge is -2.38. The van der Waals surface area contributed by atoms with Crippen LogP contribution >= 0.6 is 24.0 Å². The number of aliphatic imine (C=N–C) groups is 1. The Morgan fingerprint density at radius 2 is 1.61 bits per heavy atom. The maximum Gasteiger partial charge on any atom is 0.219 e. The second-order valence-electron chi connectivity index (χ2n) is 7.76. The predicted molar refractivity (Wildman–Crippen MR) is 137 cm³/mol. The van der Waals surface area contributed by atoms with Crippen molar-refractivity contribution in [3.05, 3.63) is 24.3 Å². The van der Waals surface area contributed by atoms with Gasteiger partial charge in [-0.2, -0.15) is 0 Å². The van der Waals surface area contributed by atoms with Crippen LogP contribution in [0.15, 0.2) is 29.3 Å². The number of halogens is 1. The van der Waals surface area contributed by atoms with Crippen LogP contribution in [0.3, 0.4) is 0 Å². The van der Waals surface area contributed by atoms with Crippen molar-refractivity contribution in [1.29, 1.82) is 0 Å². The molecule has 9 heteroatoms. The Bertz CT molecular complexity index is 698. The van der Waals surface area contributed by atoms with Crippen molar-refractivity contribution < 1.29 is 9.53 Å². The highest BCUT2D eigenvalue weighted by Gasteiger charge is 2.21. The number of carbonyl (C=O) groups is 1. The normalized spacial score (nSPS) is 17.9. The summed E-state index contributed by atoms with van der Waals surface area (Å²) >= 11 is 0. The molecule has 0 unspecified atom stereocenters. The minimum atomic E-state index is 0. The lowest BCUT2D eigenvalue weighted by atomic mass is 10.2. The van der Waals surface area contributed by atoms with Gasteiger partial charge < -0.3 is 24.8 Å². The van der Waals surface area contributed by atoms with E-state index in [2.05, 4.69) is 39.1 Å². The van der Waals surface area contributed by atoms with E-state index in [4.69, 9.17) is 9.73 Å². The lowest BCUT2D eigenvalue weighted by Crippen LogP contribution is -2.53. The molecule has 2 heterocycles. The molecule has 3 rings (SSSR count).